The Balaban J connectivity index is 1.52. The van der Waals surface area contributed by atoms with Crippen molar-refractivity contribution >= 4 is 5.97 Å². The van der Waals surface area contributed by atoms with Gasteiger partial charge in [0.15, 0.2) is 0 Å². The van der Waals surface area contributed by atoms with E-state index >= 15 is 0 Å². The Morgan fingerprint density at radius 1 is 1.03 bits per heavy atom. The number of hydrogen-bond acceptors (Lipinski definition) is 4. The van der Waals surface area contributed by atoms with Gasteiger partial charge in [0.2, 0.25) is 0 Å². The first-order chi connectivity index (χ1) is 13.8. The maximum absolute atomic E-state index is 12.8. The lowest BCUT2D eigenvalue weighted by atomic mass is 9.73. The minimum Gasteiger partial charge on any atom is -0.508 e. The highest BCUT2D eigenvalue weighted by molar-refractivity contribution is 5.70. The number of ether oxygens (including phenoxy) is 1. The van der Waals surface area contributed by atoms with E-state index in [1.165, 1.54) is 19.3 Å². The van der Waals surface area contributed by atoms with Gasteiger partial charge in [-0.15, -0.1) is 0 Å². The van der Waals surface area contributed by atoms with Gasteiger partial charge in [-0.2, -0.15) is 0 Å². The highest BCUT2D eigenvalue weighted by Crippen LogP contribution is 2.52. The highest BCUT2D eigenvalue weighted by Gasteiger charge is 2.50. The summed E-state index contributed by atoms with van der Waals surface area (Å²) >= 11 is 0. The number of fused-ring (bicyclic) bond motifs is 2. The number of benzene rings is 2. The number of aromatic hydroxyl groups is 2. The number of rotatable bonds is 6. The van der Waals surface area contributed by atoms with Crippen LogP contribution in [0.3, 0.4) is 0 Å². The SMILES string of the molecule is CC(CCC(=O)OC1(C)CC2CCC1C2)(c1ccc(O)cc1)c1ccc(O)cc1. The molecule has 2 aliphatic rings. The second kappa shape index (κ2) is 7.40. The van der Waals surface area contributed by atoms with Crippen molar-refractivity contribution in [2.75, 3.05) is 0 Å². The summed E-state index contributed by atoms with van der Waals surface area (Å²) < 4.78 is 6.02. The normalized spacial score (nSPS) is 25.9. The molecule has 4 nitrogen and oxygen atoms in total. The molecule has 3 atom stereocenters. The fourth-order valence-electron chi connectivity index (χ4n) is 5.46. The molecule has 0 radical (unpaired) electrons. The smallest absolute Gasteiger partial charge is 0.306 e. The van der Waals surface area contributed by atoms with E-state index < -0.39 is 5.41 Å². The van der Waals surface area contributed by atoms with Gasteiger partial charge >= 0.3 is 5.97 Å². The summed E-state index contributed by atoms with van der Waals surface area (Å²) in [7, 11) is 0. The van der Waals surface area contributed by atoms with Crippen molar-refractivity contribution in [2.24, 2.45) is 11.8 Å². The molecule has 2 aromatic rings. The van der Waals surface area contributed by atoms with Gasteiger partial charge in [0.25, 0.3) is 0 Å². The molecule has 2 fully saturated rings. The number of carbonyl (C=O) groups is 1. The largest absolute Gasteiger partial charge is 0.508 e. The molecule has 29 heavy (non-hydrogen) atoms. The Kier molecular flexibility index (Phi) is 5.05. The van der Waals surface area contributed by atoms with E-state index in [2.05, 4.69) is 13.8 Å². The van der Waals surface area contributed by atoms with Crippen molar-refractivity contribution in [3.05, 3.63) is 59.7 Å². The quantitative estimate of drug-likeness (QED) is 0.652. The Morgan fingerprint density at radius 2 is 1.59 bits per heavy atom. The lowest BCUT2D eigenvalue weighted by Gasteiger charge is -2.35. The molecule has 0 aromatic heterocycles. The summed E-state index contributed by atoms with van der Waals surface area (Å²) in [5.41, 5.74) is 1.29. The van der Waals surface area contributed by atoms with Gasteiger partial charge in [0.05, 0.1) is 0 Å². The van der Waals surface area contributed by atoms with Crippen molar-refractivity contribution in [3.63, 3.8) is 0 Å². The van der Waals surface area contributed by atoms with Crippen LogP contribution in [-0.4, -0.2) is 21.8 Å². The average Bonchev–Trinajstić information content (AvgIpc) is 3.27. The molecular formula is C25H30O4. The van der Waals surface area contributed by atoms with Crippen molar-refractivity contribution in [1.29, 1.82) is 0 Å². The molecule has 4 rings (SSSR count). The second-order valence-electron chi connectivity index (χ2n) is 9.29. The molecule has 2 saturated carbocycles. The second-order valence-corrected chi connectivity index (χ2v) is 9.29. The molecule has 2 aromatic carbocycles. The van der Waals surface area contributed by atoms with E-state index in [0.29, 0.717) is 18.8 Å². The molecule has 154 valence electrons. The first-order valence-corrected chi connectivity index (χ1v) is 10.6. The van der Waals surface area contributed by atoms with Crippen molar-refractivity contribution in [1.82, 2.24) is 0 Å². The molecule has 0 saturated heterocycles. The zero-order valence-electron chi connectivity index (χ0n) is 17.2. The molecule has 2 aliphatic carbocycles. The third kappa shape index (κ3) is 3.85. The van der Waals surface area contributed by atoms with Crippen LogP contribution >= 0.6 is 0 Å². The van der Waals surface area contributed by atoms with Crippen LogP contribution in [0.1, 0.15) is 63.5 Å². The van der Waals surface area contributed by atoms with Crippen LogP contribution in [0.5, 0.6) is 11.5 Å². The van der Waals surface area contributed by atoms with E-state index in [-0.39, 0.29) is 23.1 Å². The van der Waals surface area contributed by atoms with Crippen LogP contribution in [0, 0.1) is 11.8 Å². The van der Waals surface area contributed by atoms with Crippen molar-refractivity contribution in [2.45, 2.75) is 63.4 Å². The van der Waals surface area contributed by atoms with Gasteiger partial charge in [-0.05, 0) is 86.3 Å². The van der Waals surface area contributed by atoms with E-state index in [1.807, 2.05) is 24.3 Å². The highest BCUT2D eigenvalue weighted by atomic mass is 16.6. The van der Waals surface area contributed by atoms with E-state index in [9.17, 15) is 15.0 Å². The Hall–Kier alpha value is -2.49. The zero-order chi connectivity index (χ0) is 20.6. The summed E-state index contributed by atoms with van der Waals surface area (Å²) in [6.07, 6.45) is 5.56. The van der Waals surface area contributed by atoms with Crippen LogP contribution in [0.25, 0.3) is 0 Å². The predicted molar refractivity (Wildman–Crippen MR) is 112 cm³/mol. The van der Waals surface area contributed by atoms with E-state index in [4.69, 9.17) is 4.74 Å². The number of phenolic OH excluding ortho intramolecular Hbond substituents is 2. The molecule has 0 spiro atoms. The summed E-state index contributed by atoms with van der Waals surface area (Å²) in [6, 6.07) is 14.3. The van der Waals surface area contributed by atoms with Gasteiger partial charge in [0, 0.05) is 11.8 Å². The van der Waals surface area contributed by atoms with E-state index in [1.54, 1.807) is 24.3 Å². The van der Waals surface area contributed by atoms with Crippen LogP contribution in [0.4, 0.5) is 0 Å². The monoisotopic (exact) mass is 394 g/mol. The molecule has 2 bridgehead atoms. The number of esters is 1. The van der Waals surface area contributed by atoms with Crippen LogP contribution in [-0.2, 0) is 14.9 Å². The predicted octanol–water partition coefficient (Wildman–Crippen LogP) is 5.31. The third-order valence-corrected chi connectivity index (χ3v) is 7.28. The van der Waals surface area contributed by atoms with Crippen LogP contribution in [0.2, 0.25) is 0 Å². The van der Waals surface area contributed by atoms with Gasteiger partial charge in [-0.25, -0.2) is 0 Å². The maximum Gasteiger partial charge on any atom is 0.306 e. The van der Waals surface area contributed by atoms with Crippen molar-refractivity contribution in [3.8, 4) is 11.5 Å². The number of phenols is 2. The first-order valence-electron chi connectivity index (χ1n) is 10.6. The molecule has 0 heterocycles. The summed E-state index contributed by atoms with van der Waals surface area (Å²) in [5, 5.41) is 19.4. The Morgan fingerprint density at radius 3 is 2.03 bits per heavy atom. The molecular weight excluding hydrogens is 364 g/mol. The van der Waals surface area contributed by atoms with Crippen LogP contribution in [0.15, 0.2) is 48.5 Å². The van der Waals surface area contributed by atoms with Gasteiger partial charge in [-0.1, -0.05) is 31.2 Å². The Bertz CT molecular complexity index is 825. The minimum atomic E-state index is -0.435. The molecule has 3 unspecified atom stereocenters. The summed E-state index contributed by atoms with van der Waals surface area (Å²) in [6.45, 7) is 4.20. The topological polar surface area (TPSA) is 66.8 Å². The van der Waals surface area contributed by atoms with Crippen molar-refractivity contribution < 1.29 is 19.7 Å². The van der Waals surface area contributed by atoms with Gasteiger partial charge in [0.1, 0.15) is 17.1 Å². The maximum atomic E-state index is 12.8. The third-order valence-electron chi connectivity index (χ3n) is 7.28. The molecule has 4 heteroatoms. The lowest BCUT2D eigenvalue weighted by molar-refractivity contribution is -0.163. The van der Waals surface area contributed by atoms with Crippen LogP contribution < -0.4 is 0 Å². The molecule has 0 aliphatic heterocycles. The number of hydrogen-bond donors (Lipinski definition) is 2. The molecule has 0 amide bonds. The fraction of sp³-hybridized carbons (Fsp3) is 0.480. The van der Waals surface area contributed by atoms with E-state index in [0.717, 1.165) is 23.5 Å². The lowest BCUT2D eigenvalue weighted by Crippen LogP contribution is -2.37. The minimum absolute atomic E-state index is 0.135. The fourth-order valence-corrected chi connectivity index (χ4v) is 5.46. The van der Waals surface area contributed by atoms with Gasteiger partial charge in [-0.3, -0.25) is 4.79 Å². The molecule has 2 N–H and O–H groups in total. The van der Waals surface area contributed by atoms with Gasteiger partial charge < -0.3 is 14.9 Å². The number of carbonyl (C=O) groups excluding carboxylic acids is 1. The zero-order valence-corrected chi connectivity index (χ0v) is 17.2. The average molecular weight is 395 g/mol. The summed E-state index contributed by atoms with van der Waals surface area (Å²) in [4.78, 5) is 12.8. The summed E-state index contributed by atoms with van der Waals surface area (Å²) in [5.74, 6) is 1.52. The standard InChI is InChI=1S/C25H30O4/c1-24(18-5-9-21(26)10-6-18,19-7-11-22(27)12-8-19)14-13-23(28)29-25(2)16-17-3-4-20(25)15-17/h5-12,17,20,26-27H,3-4,13-16H2,1-2H3. The first kappa shape index (κ1) is 19.8. The Labute approximate surface area is 172 Å².